The second-order valence-electron chi connectivity index (χ2n) is 6.91. The van der Waals surface area contributed by atoms with Gasteiger partial charge in [-0.1, -0.05) is 11.6 Å². The molecule has 1 aliphatic heterocycles. The lowest BCUT2D eigenvalue weighted by atomic mass is 9.72. The maximum Gasteiger partial charge on any atom is 0.119 e. The van der Waals surface area contributed by atoms with Crippen molar-refractivity contribution in [1.82, 2.24) is 10.3 Å². The van der Waals surface area contributed by atoms with E-state index in [1.165, 1.54) is 0 Å². The first kappa shape index (κ1) is 18.0. The van der Waals surface area contributed by atoms with Crippen LogP contribution in [-0.4, -0.2) is 25.2 Å². The summed E-state index contributed by atoms with van der Waals surface area (Å²) in [7, 11) is 1.67. The van der Waals surface area contributed by atoms with Gasteiger partial charge < -0.3 is 10.1 Å². The molecule has 1 N–H and O–H groups in total. The Morgan fingerprint density at radius 3 is 2.88 bits per heavy atom. The van der Waals surface area contributed by atoms with E-state index in [1.54, 1.807) is 13.3 Å². The van der Waals surface area contributed by atoms with Gasteiger partial charge in [0.15, 0.2) is 0 Å². The predicted octanol–water partition coefficient (Wildman–Crippen LogP) is 4.50. The molecule has 1 aromatic carbocycles. The summed E-state index contributed by atoms with van der Waals surface area (Å²) in [6, 6.07) is 8.31. The second-order valence-corrected chi connectivity index (χ2v) is 7.31. The standard InChI is InChI=1S/C20H24ClN3O/c1-25-15-4-5-19-17(13-15)16(18(21)14-24-19)3-2-6-20(7-10-22)8-11-23-12-9-20/h4-5,13-14,23H,2-3,6-9,11-12H2,1H3. The Balaban J connectivity index is 1.78. The molecule has 4 nitrogen and oxygen atoms in total. The minimum Gasteiger partial charge on any atom is -0.497 e. The highest BCUT2D eigenvalue weighted by Gasteiger charge is 2.31. The normalized spacial score (nSPS) is 16.5. The molecule has 1 aliphatic rings. The van der Waals surface area contributed by atoms with Crippen molar-refractivity contribution in [2.75, 3.05) is 20.2 Å². The Labute approximate surface area is 154 Å². The zero-order chi connectivity index (χ0) is 17.7. The van der Waals surface area contributed by atoms with Crippen LogP contribution in [0.15, 0.2) is 24.4 Å². The molecule has 0 amide bonds. The van der Waals surface area contributed by atoms with E-state index in [0.717, 1.165) is 67.4 Å². The van der Waals surface area contributed by atoms with Gasteiger partial charge in [0.2, 0.25) is 0 Å². The molecule has 0 atom stereocenters. The number of aromatic nitrogens is 1. The molecule has 1 saturated heterocycles. The smallest absolute Gasteiger partial charge is 0.119 e. The summed E-state index contributed by atoms with van der Waals surface area (Å²) in [5.41, 5.74) is 2.23. The van der Waals surface area contributed by atoms with Crippen LogP contribution in [0.1, 0.15) is 37.7 Å². The van der Waals surface area contributed by atoms with Crippen molar-refractivity contribution in [2.45, 2.75) is 38.5 Å². The molecule has 1 fully saturated rings. The number of aryl methyl sites for hydroxylation is 1. The molecule has 0 radical (unpaired) electrons. The molecule has 0 unspecified atom stereocenters. The van der Waals surface area contributed by atoms with Crippen molar-refractivity contribution in [3.63, 3.8) is 0 Å². The number of fused-ring (bicyclic) bond motifs is 1. The van der Waals surface area contributed by atoms with Crippen LogP contribution in [0.3, 0.4) is 0 Å². The molecular formula is C20H24ClN3O. The number of ether oxygens (including phenoxy) is 1. The highest BCUT2D eigenvalue weighted by atomic mass is 35.5. The number of nitriles is 1. The molecule has 2 aromatic rings. The fraction of sp³-hybridized carbons (Fsp3) is 0.500. The van der Waals surface area contributed by atoms with Gasteiger partial charge in [0, 0.05) is 18.0 Å². The molecule has 1 aromatic heterocycles. The third-order valence-corrected chi connectivity index (χ3v) is 5.71. The Morgan fingerprint density at radius 2 is 2.16 bits per heavy atom. The van der Waals surface area contributed by atoms with Crippen molar-refractivity contribution >= 4 is 22.5 Å². The van der Waals surface area contributed by atoms with E-state index >= 15 is 0 Å². The van der Waals surface area contributed by atoms with Gasteiger partial charge in [0.1, 0.15) is 5.75 Å². The molecule has 5 heteroatoms. The number of methoxy groups -OCH3 is 1. The molecular weight excluding hydrogens is 334 g/mol. The van der Waals surface area contributed by atoms with E-state index in [-0.39, 0.29) is 5.41 Å². The molecule has 25 heavy (non-hydrogen) atoms. The van der Waals surface area contributed by atoms with Gasteiger partial charge in [0.25, 0.3) is 0 Å². The lowest BCUT2D eigenvalue weighted by Crippen LogP contribution is -2.36. The number of hydrogen-bond acceptors (Lipinski definition) is 4. The van der Waals surface area contributed by atoms with E-state index in [4.69, 9.17) is 16.3 Å². The maximum atomic E-state index is 9.23. The van der Waals surface area contributed by atoms with Crippen molar-refractivity contribution in [1.29, 1.82) is 5.26 Å². The van der Waals surface area contributed by atoms with Crippen LogP contribution in [0, 0.1) is 16.7 Å². The number of nitrogens with zero attached hydrogens (tertiary/aromatic N) is 2. The molecule has 0 aliphatic carbocycles. The highest BCUT2D eigenvalue weighted by molar-refractivity contribution is 6.32. The third-order valence-electron chi connectivity index (χ3n) is 5.39. The number of rotatable bonds is 6. The summed E-state index contributed by atoms with van der Waals surface area (Å²) >= 11 is 6.45. The lowest BCUT2D eigenvalue weighted by molar-refractivity contribution is 0.185. The highest BCUT2D eigenvalue weighted by Crippen LogP contribution is 2.38. The summed E-state index contributed by atoms with van der Waals surface area (Å²) in [6.07, 6.45) is 7.53. The van der Waals surface area contributed by atoms with Gasteiger partial charge in [-0.3, -0.25) is 4.98 Å². The largest absolute Gasteiger partial charge is 0.497 e. The van der Waals surface area contributed by atoms with Gasteiger partial charge in [0.05, 0.1) is 23.7 Å². The maximum absolute atomic E-state index is 9.23. The number of hydrogen-bond donors (Lipinski definition) is 1. The Kier molecular flexibility index (Phi) is 5.78. The Bertz CT molecular complexity index is 778. The van der Waals surface area contributed by atoms with E-state index in [2.05, 4.69) is 16.4 Å². The van der Waals surface area contributed by atoms with E-state index < -0.39 is 0 Å². The van der Waals surface area contributed by atoms with E-state index in [1.807, 2.05) is 18.2 Å². The molecule has 0 bridgehead atoms. The number of nitrogens with one attached hydrogen (secondary N) is 1. The number of pyridine rings is 1. The molecule has 3 rings (SSSR count). The monoisotopic (exact) mass is 357 g/mol. The van der Waals surface area contributed by atoms with E-state index in [9.17, 15) is 5.26 Å². The summed E-state index contributed by atoms with van der Waals surface area (Å²) < 4.78 is 5.35. The van der Waals surface area contributed by atoms with Crippen LogP contribution in [0.25, 0.3) is 10.9 Å². The van der Waals surface area contributed by atoms with Gasteiger partial charge >= 0.3 is 0 Å². The minimum absolute atomic E-state index is 0.160. The fourth-order valence-corrected chi connectivity index (χ4v) is 4.11. The van der Waals surface area contributed by atoms with Crippen LogP contribution < -0.4 is 10.1 Å². The molecule has 0 saturated carbocycles. The zero-order valence-corrected chi connectivity index (χ0v) is 15.4. The molecule has 132 valence electrons. The van der Waals surface area contributed by atoms with E-state index in [0.29, 0.717) is 11.4 Å². The summed E-state index contributed by atoms with van der Waals surface area (Å²) in [5, 5.41) is 14.4. The van der Waals surface area contributed by atoms with Gasteiger partial charge in [-0.15, -0.1) is 0 Å². The number of halogens is 1. The fourth-order valence-electron chi connectivity index (χ4n) is 3.86. The lowest BCUT2D eigenvalue weighted by Gasteiger charge is -2.36. The SMILES string of the molecule is COc1ccc2ncc(Cl)c(CCCC3(CC#N)CCNCC3)c2c1. The van der Waals surface area contributed by atoms with Gasteiger partial charge in [-0.05, 0) is 74.4 Å². The summed E-state index contributed by atoms with van der Waals surface area (Å²) in [5.74, 6) is 0.817. The average molecular weight is 358 g/mol. The van der Waals surface area contributed by atoms with Crippen molar-refractivity contribution in [3.8, 4) is 11.8 Å². The third kappa shape index (κ3) is 4.05. The average Bonchev–Trinajstić information content (AvgIpc) is 2.64. The second kappa shape index (κ2) is 8.03. The Hall–Kier alpha value is -1.83. The molecule has 0 spiro atoms. The zero-order valence-electron chi connectivity index (χ0n) is 14.6. The first-order chi connectivity index (χ1) is 12.2. The first-order valence-electron chi connectivity index (χ1n) is 8.86. The number of benzene rings is 1. The van der Waals surface area contributed by atoms with Gasteiger partial charge in [-0.2, -0.15) is 5.26 Å². The quantitative estimate of drug-likeness (QED) is 0.826. The van der Waals surface area contributed by atoms with Crippen LogP contribution in [0.5, 0.6) is 5.75 Å². The predicted molar refractivity (Wildman–Crippen MR) is 101 cm³/mol. The Morgan fingerprint density at radius 1 is 1.36 bits per heavy atom. The first-order valence-corrected chi connectivity index (χ1v) is 9.24. The summed E-state index contributed by atoms with van der Waals surface area (Å²) in [6.45, 7) is 2.02. The van der Waals surface area contributed by atoms with Crippen LogP contribution in [-0.2, 0) is 6.42 Å². The number of piperidine rings is 1. The van der Waals surface area contributed by atoms with Crippen molar-refractivity contribution < 1.29 is 4.74 Å². The molecule has 2 heterocycles. The minimum atomic E-state index is 0.160. The van der Waals surface area contributed by atoms with Crippen LogP contribution >= 0.6 is 11.6 Å². The van der Waals surface area contributed by atoms with Crippen LogP contribution in [0.2, 0.25) is 5.02 Å². The van der Waals surface area contributed by atoms with Crippen molar-refractivity contribution in [2.24, 2.45) is 5.41 Å². The van der Waals surface area contributed by atoms with Crippen molar-refractivity contribution in [3.05, 3.63) is 35.0 Å². The van der Waals surface area contributed by atoms with Gasteiger partial charge in [-0.25, -0.2) is 0 Å². The summed E-state index contributed by atoms with van der Waals surface area (Å²) in [4.78, 5) is 4.42. The topological polar surface area (TPSA) is 57.9 Å². The van der Waals surface area contributed by atoms with Crippen LogP contribution in [0.4, 0.5) is 0 Å².